The summed E-state index contributed by atoms with van der Waals surface area (Å²) >= 11 is 0. The third-order valence-corrected chi connectivity index (χ3v) is 4.69. The number of nitrogens with zero attached hydrogens (tertiary/aromatic N) is 2. The van der Waals surface area contributed by atoms with Crippen molar-refractivity contribution < 1.29 is 14.6 Å². The molecule has 128 valence electrons. The zero-order valence-corrected chi connectivity index (χ0v) is 14.5. The Bertz CT molecular complexity index is 1080. The van der Waals surface area contributed by atoms with Gasteiger partial charge < -0.3 is 19.1 Å². The van der Waals surface area contributed by atoms with Gasteiger partial charge in [-0.05, 0) is 42.5 Å². The number of fused-ring (bicyclic) bond motifs is 2. The molecule has 5 heteroatoms. The SMILES string of the molecule is COCc1cc2cc(-n3cc4ccc(OC)cc4c3O)ccc2n1C. The van der Waals surface area contributed by atoms with Crippen molar-refractivity contribution in [2.45, 2.75) is 6.61 Å². The van der Waals surface area contributed by atoms with E-state index in [1.807, 2.05) is 37.5 Å². The number of methoxy groups -OCH3 is 2. The third kappa shape index (κ3) is 2.44. The van der Waals surface area contributed by atoms with Gasteiger partial charge in [0.2, 0.25) is 5.88 Å². The monoisotopic (exact) mass is 336 g/mol. The highest BCUT2D eigenvalue weighted by Gasteiger charge is 2.12. The Morgan fingerprint density at radius 1 is 1.00 bits per heavy atom. The van der Waals surface area contributed by atoms with Crippen LogP contribution in [0, 0.1) is 0 Å². The Kier molecular flexibility index (Phi) is 3.66. The van der Waals surface area contributed by atoms with Crippen molar-refractivity contribution in [3.05, 3.63) is 54.4 Å². The van der Waals surface area contributed by atoms with E-state index in [4.69, 9.17) is 9.47 Å². The Labute approximate surface area is 145 Å². The van der Waals surface area contributed by atoms with E-state index < -0.39 is 0 Å². The van der Waals surface area contributed by atoms with Gasteiger partial charge in [0.1, 0.15) is 5.75 Å². The van der Waals surface area contributed by atoms with Crippen LogP contribution in [0.5, 0.6) is 11.6 Å². The molecule has 0 radical (unpaired) electrons. The summed E-state index contributed by atoms with van der Waals surface area (Å²) in [6, 6.07) is 13.9. The number of hydrogen-bond acceptors (Lipinski definition) is 3. The zero-order chi connectivity index (χ0) is 17.6. The van der Waals surface area contributed by atoms with Crippen LogP contribution in [-0.4, -0.2) is 28.5 Å². The summed E-state index contributed by atoms with van der Waals surface area (Å²) in [7, 11) is 5.35. The highest BCUT2D eigenvalue weighted by atomic mass is 16.5. The summed E-state index contributed by atoms with van der Waals surface area (Å²) in [5.74, 6) is 0.935. The maximum atomic E-state index is 10.7. The van der Waals surface area contributed by atoms with Crippen LogP contribution < -0.4 is 4.74 Å². The first-order valence-electron chi connectivity index (χ1n) is 8.08. The molecule has 0 spiro atoms. The van der Waals surface area contributed by atoms with Crippen molar-refractivity contribution in [2.75, 3.05) is 14.2 Å². The molecular weight excluding hydrogens is 316 g/mol. The number of hydrogen-bond donors (Lipinski definition) is 1. The molecule has 0 saturated heterocycles. The van der Waals surface area contributed by atoms with Crippen LogP contribution in [0.25, 0.3) is 27.4 Å². The molecular formula is C20H20N2O3. The first-order chi connectivity index (χ1) is 12.1. The number of benzene rings is 2. The molecule has 5 nitrogen and oxygen atoms in total. The summed E-state index contributed by atoms with van der Waals surface area (Å²) in [6.45, 7) is 0.568. The highest BCUT2D eigenvalue weighted by Crippen LogP contribution is 2.33. The number of aromatic hydroxyl groups is 1. The number of aromatic nitrogens is 2. The van der Waals surface area contributed by atoms with Crippen LogP contribution in [0.1, 0.15) is 5.69 Å². The lowest BCUT2D eigenvalue weighted by Gasteiger charge is -2.06. The van der Waals surface area contributed by atoms with Crippen LogP contribution in [0.3, 0.4) is 0 Å². The van der Waals surface area contributed by atoms with E-state index in [9.17, 15) is 5.11 Å². The quantitative estimate of drug-likeness (QED) is 0.613. The molecule has 0 amide bonds. The molecule has 0 unspecified atom stereocenters. The van der Waals surface area contributed by atoms with E-state index in [2.05, 4.69) is 22.8 Å². The minimum atomic E-state index is 0.210. The molecule has 2 heterocycles. The summed E-state index contributed by atoms with van der Waals surface area (Å²) < 4.78 is 14.4. The lowest BCUT2D eigenvalue weighted by molar-refractivity contribution is 0.179. The fraction of sp³-hybridized carbons (Fsp3) is 0.200. The maximum absolute atomic E-state index is 10.7. The van der Waals surface area contributed by atoms with Crippen LogP contribution in [0.4, 0.5) is 0 Å². The van der Waals surface area contributed by atoms with Crippen molar-refractivity contribution in [1.29, 1.82) is 0 Å². The van der Waals surface area contributed by atoms with Crippen LogP contribution in [0.2, 0.25) is 0 Å². The van der Waals surface area contributed by atoms with Gasteiger partial charge in [0.25, 0.3) is 0 Å². The van der Waals surface area contributed by atoms with Gasteiger partial charge in [-0.25, -0.2) is 0 Å². The second kappa shape index (κ2) is 5.86. The van der Waals surface area contributed by atoms with Gasteiger partial charge in [-0.1, -0.05) is 0 Å². The molecule has 0 saturated carbocycles. The second-order valence-corrected chi connectivity index (χ2v) is 6.15. The molecule has 0 bridgehead atoms. The van der Waals surface area contributed by atoms with E-state index in [1.54, 1.807) is 18.8 Å². The van der Waals surface area contributed by atoms with Crippen LogP contribution >= 0.6 is 0 Å². The Morgan fingerprint density at radius 3 is 2.60 bits per heavy atom. The Balaban J connectivity index is 1.86. The lowest BCUT2D eigenvalue weighted by atomic mass is 10.2. The summed E-state index contributed by atoms with van der Waals surface area (Å²) in [5.41, 5.74) is 3.16. The topological polar surface area (TPSA) is 48.6 Å². The van der Waals surface area contributed by atoms with Gasteiger partial charge in [0, 0.05) is 53.4 Å². The first kappa shape index (κ1) is 15.6. The Morgan fingerprint density at radius 2 is 1.84 bits per heavy atom. The largest absolute Gasteiger partial charge is 0.497 e. The standard InChI is InChI=1S/C20H20N2O3/c1-21-16(12-24-2)9-14-8-15(5-7-19(14)21)22-11-13-4-6-17(25-3)10-18(13)20(22)23/h4-11,23H,12H2,1-3H3. The van der Waals surface area contributed by atoms with Gasteiger partial charge in [-0.2, -0.15) is 0 Å². The van der Waals surface area contributed by atoms with Crippen molar-refractivity contribution in [3.63, 3.8) is 0 Å². The fourth-order valence-electron chi connectivity index (χ4n) is 3.33. The lowest BCUT2D eigenvalue weighted by Crippen LogP contribution is -1.97. The minimum Gasteiger partial charge on any atom is -0.497 e. The average Bonchev–Trinajstić information content (AvgIpc) is 3.12. The fourth-order valence-corrected chi connectivity index (χ4v) is 3.33. The van der Waals surface area contributed by atoms with E-state index >= 15 is 0 Å². The van der Waals surface area contributed by atoms with Crippen molar-refractivity contribution in [1.82, 2.24) is 9.13 Å². The van der Waals surface area contributed by atoms with Crippen molar-refractivity contribution in [3.8, 4) is 17.3 Å². The zero-order valence-electron chi connectivity index (χ0n) is 14.5. The van der Waals surface area contributed by atoms with E-state index in [0.717, 1.165) is 38.8 Å². The van der Waals surface area contributed by atoms with Gasteiger partial charge in [0.15, 0.2) is 0 Å². The summed E-state index contributed by atoms with van der Waals surface area (Å²) in [5, 5.41) is 13.5. The predicted molar refractivity (Wildman–Crippen MR) is 98.7 cm³/mol. The van der Waals surface area contributed by atoms with Crippen LogP contribution in [0.15, 0.2) is 48.7 Å². The maximum Gasteiger partial charge on any atom is 0.203 e. The first-order valence-corrected chi connectivity index (χ1v) is 8.08. The molecule has 4 aromatic rings. The number of ether oxygens (including phenoxy) is 2. The molecule has 0 fully saturated rings. The normalized spacial score (nSPS) is 11.5. The third-order valence-electron chi connectivity index (χ3n) is 4.69. The molecule has 0 atom stereocenters. The molecule has 25 heavy (non-hydrogen) atoms. The van der Waals surface area contributed by atoms with E-state index in [-0.39, 0.29) is 5.88 Å². The molecule has 2 aromatic heterocycles. The molecule has 2 aromatic carbocycles. The molecule has 1 N–H and O–H groups in total. The summed E-state index contributed by atoms with van der Waals surface area (Å²) in [6.07, 6.45) is 1.93. The van der Waals surface area contributed by atoms with E-state index in [1.165, 1.54) is 0 Å². The predicted octanol–water partition coefficient (Wildman–Crippen LogP) is 3.98. The molecule has 0 aliphatic rings. The molecule has 0 aliphatic heterocycles. The minimum absolute atomic E-state index is 0.210. The van der Waals surface area contributed by atoms with Crippen molar-refractivity contribution >= 4 is 21.7 Å². The van der Waals surface area contributed by atoms with Gasteiger partial charge in [0.05, 0.1) is 13.7 Å². The summed E-state index contributed by atoms with van der Waals surface area (Å²) in [4.78, 5) is 0. The smallest absolute Gasteiger partial charge is 0.203 e. The van der Waals surface area contributed by atoms with Crippen LogP contribution in [-0.2, 0) is 18.4 Å². The molecule has 4 rings (SSSR count). The van der Waals surface area contributed by atoms with Gasteiger partial charge in [-0.3, -0.25) is 4.57 Å². The number of rotatable bonds is 4. The van der Waals surface area contributed by atoms with Gasteiger partial charge >= 0.3 is 0 Å². The van der Waals surface area contributed by atoms with Crippen molar-refractivity contribution in [2.24, 2.45) is 7.05 Å². The second-order valence-electron chi connectivity index (χ2n) is 6.15. The van der Waals surface area contributed by atoms with Gasteiger partial charge in [-0.15, -0.1) is 0 Å². The average molecular weight is 336 g/mol. The highest BCUT2D eigenvalue weighted by molar-refractivity contribution is 5.91. The van der Waals surface area contributed by atoms with E-state index in [0.29, 0.717) is 6.61 Å². The Hall–Kier alpha value is -2.92. The number of aryl methyl sites for hydroxylation is 1. The molecule has 0 aliphatic carbocycles.